The van der Waals surface area contributed by atoms with Gasteiger partial charge in [0, 0.05) is 32.8 Å². The molecule has 2 heterocycles. The summed E-state index contributed by atoms with van der Waals surface area (Å²) in [6.07, 6.45) is 1.06. The molecule has 0 bridgehead atoms. The van der Waals surface area contributed by atoms with Crippen LogP contribution in [-0.2, 0) is 28.4 Å². The highest BCUT2D eigenvalue weighted by atomic mass is 16.6. The average Bonchev–Trinajstić information content (AvgIpc) is 3.60. The largest absolute Gasteiger partial charge is 0.388 e. The van der Waals surface area contributed by atoms with Gasteiger partial charge in [-0.25, -0.2) is 0 Å². The first kappa shape index (κ1) is 24.9. The van der Waals surface area contributed by atoms with Crippen LogP contribution in [0.5, 0.6) is 0 Å². The Morgan fingerprint density at radius 2 is 1.21 bits per heavy atom. The number of rotatable bonds is 21. The van der Waals surface area contributed by atoms with Crippen molar-refractivity contribution in [1.82, 2.24) is 9.80 Å². The van der Waals surface area contributed by atoms with Crippen LogP contribution < -0.4 is 0 Å². The second kappa shape index (κ2) is 15.4. The molecule has 1 N–H and O–H groups in total. The third-order valence-electron chi connectivity index (χ3n) is 4.71. The van der Waals surface area contributed by atoms with E-state index in [-0.39, 0.29) is 0 Å². The molecule has 0 aromatic heterocycles. The van der Waals surface area contributed by atoms with Gasteiger partial charge in [0.15, 0.2) is 0 Å². The molecule has 0 aliphatic carbocycles. The molecule has 0 radical (unpaired) electrons. The molecule has 2 rings (SSSR count). The third-order valence-corrected chi connectivity index (χ3v) is 4.71. The summed E-state index contributed by atoms with van der Waals surface area (Å²) in [5.74, 6) is 0. The van der Waals surface area contributed by atoms with Gasteiger partial charge < -0.3 is 43.3 Å². The van der Waals surface area contributed by atoms with E-state index in [2.05, 4.69) is 16.8 Å². The van der Waals surface area contributed by atoms with Crippen molar-refractivity contribution < 1.29 is 33.5 Å². The van der Waals surface area contributed by atoms with E-state index in [1.165, 1.54) is 0 Å². The van der Waals surface area contributed by atoms with Crippen molar-refractivity contribution in [1.29, 1.82) is 0 Å². The molecule has 9 nitrogen and oxygen atoms in total. The van der Waals surface area contributed by atoms with Gasteiger partial charge in [0.2, 0.25) is 0 Å². The van der Waals surface area contributed by atoms with Crippen molar-refractivity contribution in [3.05, 3.63) is 0 Å². The van der Waals surface area contributed by atoms with Crippen molar-refractivity contribution in [3.63, 3.8) is 0 Å². The Hall–Kier alpha value is -0.360. The van der Waals surface area contributed by atoms with E-state index >= 15 is 0 Å². The Balaban J connectivity index is 1.29. The molecule has 3 atom stereocenters. The van der Waals surface area contributed by atoms with Gasteiger partial charge in [-0.2, -0.15) is 0 Å². The highest BCUT2D eigenvalue weighted by Crippen LogP contribution is 2.08. The molecule has 9 heteroatoms. The van der Waals surface area contributed by atoms with Crippen LogP contribution in [0.4, 0.5) is 0 Å². The van der Waals surface area contributed by atoms with Gasteiger partial charge >= 0.3 is 0 Å². The van der Waals surface area contributed by atoms with E-state index < -0.39 is 6.10 Å². The number of aliphatic hydroxyl groups is 1. The molecule has 0 saturated carbocycles. The van der Waals surface area contributed by atoms with E-state index in [0.717, 1.165) is 52.4 Å². The van der Waals surface area contributed by atoms with Crippen LogP contribution in [0.2, 0.25) is 0 Å². The monoisotopic (exact) mass is 420 g/mol. The van der Waals surface area contributed by atoms with E-state index in [1.807, 2.05) is 7.05 Å². The van der Waals surface area contributed by atoms with Gasteiger partial charge in [0.05, 0.1) is 59.5 Å². The summed E-state index contributed by atoms with van der Waals surface area (Å²) in [6, 6.07) is 0. The zero-order valence-corrected chi connectivity index (χ0v) is 18.1. The summed E-state index contributed by atoms with van der Waals surface area (Å²) in [6.45, 7) is 9.77. The van der Waals surface area contributed by atoms with Crippen LogP contribution in [0.15, 0.2) is 0 Å². The third kappa shape index (κ3) is 15.1. The molecule has 29 heavy (non-hydrogen) atoms. The maximum absolute atomic E-state index is 9.93. The van der Waals surface area contributed by atoms with Gasteiger partial charge in [-0.05, 0) is 20.5 Å². The fourth-order valence-corrected chi connectivity index (χ4v) is 2.57. The molecule has 0 aromatic rings. The average molecular weight is 421 g/mol. The van der Waals surface area contributed by atoms with Crippen molar-refractivity contribution in [2.75, 3.05) is 106 Å². The zero-order valence-electron chi connectivity index (χ0n) is 18.1. The zero-order chi connectivity index (χ0) is 20.7. The summed E-state index contributed by atoms with van der Waals surface area (Å²) in [4.78, 5) is 4.36. The Kier molecular flexibility index (Phi) is 13.3. The first-order valence-corrected chi connectivity index (χ1v) is 10.7. The number of ether oxygens (including phenoxy) is 6. The van der Waals surface area contributed by atoms with Gasteiger partial charge in [-0.15, -0.1) is 0 Å². The second-order valence-electron chi connectivity index (χ2n) is 7.82. The lowest BCUT2D eigenvalue weighted by Crippen LogP contribution is -2.30. The molecule has 0 amide bonds. The molecule has 3 unspecified atom stereocenters. The number of hydrogen-bond acceptors (Lipinski definition) is 9. The molecule has 2 aliphatic heterocycles. The SMILES string of the molecule is CN(CCCOCC1CO1)CCOCC(O)COCCN(C)CCOCC1CO1. The van der Waals surface area contributed by atoms with Crippen LogP contribution in [0.3, 0.4) is 0 Å². The summed E-state index contributed by atoms with van der Waals surface area (Å²) < 4.78 is 32.3. The molecular weight excluding hydrogens is 380 g/mol. The van der Waals surface area contributed by atoms with Gasteiger partial charge in [-0.3, -0.25) is 0 Å². The number of aliphatic hydroxyl groups excluding tert-OH is 1. The van der Waals surface area contributed by atoms with Crippen LogP contribution in [0.25, 0.3) is 0 Å². The molecular formula is C20H40N2O7. The van der Waals surface area contributed by atoms with Crippen LogP contribution >= 0.6 is 0 Å². The predicted molar refractivity (Wildman–Crippen MR) is 108 cm³/mol. The normalized spacial score (nSPS) is 21.8. The summed E-state index contributed by atoms with van der Waals surface area (Å²) in [5.41, 5.74) is 0. The van der Waals surface area contributed by atoms with E-state index in [4.69, 9.17) is 28.4 Å². The lowest BCUT2D eigenvalue weighted by atomic mass is 10.4. The van der Waals surface area contributed by atoms with E-state index in [9.17, 15) is 5.11 Å². The molecule has 2 fully saturated rings. The lowest BCUT2D eigenvalue weighted by molar-refractivity contribution is -0.0249. The van der Waals surface area contributed by atoms with E-state index in [0.29, 0.717) is 58.5 Å². The maximum atomic E-state index is 9.93. The highest BCUT2D eigenvalue weighted by molar-refractivity contribution is 4.67. The lowest BCUT2D eigenvalue weighted by Gasteiger charge is -2.18. The van der Waals surface area contributed by atoms with Gasteiger partial charge in [0.25, 0.3) is 0 Å². The second-order valence-corrected chi connectivity index (χ2v) is 7.82. The minimum Gasteiger partial charge on any atom is -0.388 e. The fraction of sp³-hybridized carbons (Fsp3) is 1.00. The van der Waals surface area contributed by atoms with Gasteiger partial charge in [0.1, 0.15) is 18.3 Å². The number of nitrogens with zero attached hydrogens (tertiary/aromatic N) is 2. The molecule has 0 spiro atoms. The van der Waals surface area contributed by atoms with Crippen molar-refractivity contribution in [2.24, 2.45) is 0 Å². The van der Waals surface area contributed by atoms with Gasteiger partial charge in [-0.1, -0.05) is 0 Å². The number of likely N-dealkylation sites (N-methyl/N-ethyl adjacent to an activating group) is 2. The number of hydrogen-bond donors (Lipinski definition) is 1. The molecule has 0 aromatic carbocycles. The minimum absolute atomic E-state index is 0.293. The van der Waals surface area contributed by atoms with Crippen LogP contribution in [-0.4, -0.2) is 140 Å². The molecule has 172 valence electrons. The van der Waals surface area contributed by atoms with E-state index in [1.54, 1.807) is 0 Å². The first-order valence-electron chi connectivity index (χ1n) is 10.7. The Morgan fingerprint density at radius 1 is 0.759 bits per heavy atom. The first-order chi connectivity index (χ1) is 14.1. The Labute approximate surface area is 175 Å². The molecule has 2 aliphatic rings. The van der Waals surface area contributed by atoms with Crippen molar-refractivity contribution >= 4 is 0 Å². The van der Waals surface area contributed by atoms with Crippen molar-refractivity contribution in [3.8, 4) is 0 Å². The summed E-state index contributed by atoms with van der Waals surface area (Å²) >= 11 is 0. The molecule has 2 saturated heterocycles. The standard InChI is InChI=1S/C20H40N2O7/c1-21(4-3-8-24-14-19-16-28-19)5-9-25-12-18(23)13-26-10-6-22(2)7-11-27-15-20-17-29-20/h18-20,23H,3-17H2,1-2H3. The maximum Gasteiger partial charge on any atom is 0.104 e. The Bertz CT molecular complexity index is 397. The van der Waals surface area contributed by atoms with Crippen molar-refractivity contribution in [2.45, 2.75) is 24.7 Å². The summed E-state index contributed by atoms with van der Waals surface area (Å²) in [7, 11) is 4.10. The van der Waals surface area contributed by atoms with Crippen LogP contribution in [0.1, 0.15) is 6.42 Å². The minimum atomic E-state index is -0.592. The quantitative estimate of drug-likeness (QED) is 0.194. The topological polar surface area (TPSA) is 88.7 Å². The smallest absolute Gasteiger partial charge is 0.104 e. The fourth-order valence-electron chi connectivity index (χ4n) is 2.57. The van der Waals surface area contributed by atoms with Crippen LogP contribution in [0, 0.1) is 0 Å². The predicted octanol–water partition coefficient (Wildman–Crippen LogP) is -0.535. The summed E-state index contributed by atoms with van der Waals surface area (Å²) in [5, 5.41) is 9.93. The Morgan fingerprint density at radius 3 is 1.72 bits per heavy atom. The highest BCUT2D eigenvalue weighted by Gasteiger charge is 2.22. The number of epoxide rings is 2.